The van der Waals surface area contributed by atoms with E-state index in [1.807, 2.05) is 24.3 Å². The van der Waals surface area contributed by atoms with E-state index in [2.05, 4.69) is 15.9 Å². The van der Waals surface area contributed by atoms with Crippen LogP contribution in [0.15, 0.2) is 40.6 Å². The molecule has 0 aromatic heterocycles. The lowest BCUT2D eigenvalue weighted by atomic mass is 9.90. The first-order valence-electron chi connectivity index (χ1n) is 5.43. The Labute approximate surface area is 111 Å². The number of ketones is 1. The summed E-state index contributed by atoms with van der Waals surface area (Å²) in [6.45, 7) is 0. The second-order valence-electron chi connectivity index (χ2n) is 4.24. The van der Waals surface area contributed by atoms with E-state index in [9.17, 15) is 15.0 Å². The molecule has 1 aliphatic carbocycles. The molecule has 90 valence electrons. The van der Waals surface area contributed by atoms with E-state index < -0.39 is 17.6 Å². The minimum Gasteiger partial charge on any atom is -0.504 e. The Balaban J connectivity index is 2.36. The van der Waals surface area contributed by atoms with E-state index in [4.69, 9.17) is 0 Å². The van der Waals surface area contributed by atoms with Crippen LogP contribution in [0.4, 0.5) is 0 Å². The third-order valence-corrected chi connectivity index (χ3v) is 3.81. The molecule has 1 aliphatic rings. The number of benzene rings is 2. The van der Waals surface area contributed by atoms with Crippen LogP contribution >= 0.6 is 15.9 Å². The van der Waals surface area contributed by atoms with Gasteiger partial charge in [0, 0.05) is 4.47 Å². The summed E-state index contributed by atoms with van der Waals surface area (Å²) in [5.41, 5.74) is 1.20. The van der Waals surface area contributed by atoms with Gasteiger partial charge in [0.2, 0.25) is 5.78 Å². The van der Waals surface area contributed by atoms with Crippen LogP contribution in [0.3, 0.4) is 0 Å². The first kappa shape index (κ1) is 11.4. The van der Waals surface area contributed by atoms with Crippen molar-refractivity contribution in [1.29, 1.82) is 0 Å². The lowest BCUT2D eigenvalue weighted by Gasteiger charge is -2.18. The van der Waals surface area contributed by atoms with E-state index in [-0.39, 0.29) is 0 Å². The fourth-order valence-corrected chi connectivity index (χ4v) is 2.68. The average molecular weight is 305 g/mol. The topological polar surface area (TPSA) is 57.5 Å². The summed E-state index contributed by atoms with van der Waals surface area (Å²) < 4.78 is 0.904. The van der Waals surface area contributed by atoms with Crippen molar-refractivity contribution in [2.75, 3.05) is 0 Å². The number of carbonyl (C=O) groups is 1. The zero-order chi connectivity index (χ0) is 12.9. The number of aliphatic hydroxyl groups excluding tert-OH is 2. The number of halogens is 1. The van der Waals surface area contributed by atoms with Gasteiger partial charge < -0.3 is 10.2 Å². The SMILES string of the molecule is O=C1C(O)=Cc2cc3cccc(Br)c3cc2C1O. The monoisotopic (exact) mass is 304 g/mol. The molecular formula is C14H9BrO3. The molecule has 2 aromatic carbocycles. The minimum atomic E-state index is -1.29. The van der Waals surface area contributed by atoms with Gasteiger partial charge >= 0.3 is 0 Å². The van der Waals surface area contributed by atoms with Gasteiger partial charge in [0.05, 0.1) is 0 Å². The Kier molecular flexibility index (Phi) is 2.50. The maximum atomic E-state index is 11.5. The molecule has 0 fully saturated rings. The Morgan fingerprint density at radius 3 is 2.78 bits per heavy atom. The van der Waals surface area contributed by atoms with Crippen LogP contribution in [0, 0.1) is 0 Å². The molecule has 3 nitrogen and oxygen atoms in total. The molecule has 0 saturated carbocycles. The van der Waals surface area contributed by atoms with Crippen LogP contribution in [-0.2, 0) is 4.79 Å². The summed E-state index contributed by atoms with van der Waals surface area (Å²) in [6.07, 6.45) is 0.103. The van der Waals surface area contributed by atoms with Gasteiger partial charge in [0.25, 0.3) is 0 Å². The quantitative estimate of drug-likeness (QED) is 0.786. The summed E-state index contributed by atoms with van der Waals surface area (Å²) >= 11 is 3.44. The molecule has 0 amide bonds. The highest BCUT2D eigenvalue weighted by Gasteiger charge is 2.28. The highest BCUT2D eigenvalue weighted by Crippen LogP contribution is 2.34. The first-order chi connectivity index (χ1) is 8.58. The van der Waals surface area contributed by atoms with Gasteiger partial charge in [-0.05, 0) is 46.2 Å². The summed E-state index contributed by atoms with van der Waals surface area (Å²) in [6, 6.07) is 9.38. The lowest BCUT2D eigenvalue weighted by Crippen LogP contribution is -2.19. The number of hydrogen-bond acceptors (Lipinski definition) is 3. The molecular weight excluding hydrogens is 296 g/mol. The van der Waals surface area contributed by atoms with Crippen molar-refractivity contribution in [3.63, 3.8) is 0 Å². The fourth-order valence-electron chi connectivity index (χ4n) is 2.18. The molecule has 0 radical (unpaired) electrons. The maximum Gasteiger partial charge on any atom is 0.230 e. The second kappa shape index (κ2) is 3.93. The Morgan fingerprint density at radius 1 is 1.22 bits per heavy atom. The molecule has 0 saturated heterocycles. The zero-order valence-electron chi connectivity index (χ0n) is 9.22. The van der Waals surface area contributed by atoms with Gasteiger partial charge in [-0.2, -0.15) is 0 Å². The fraction of sp³-hybridized carbons (Fsp3) is 0.0714. The molecule has 0 bridgehead atoms. The summed E-state index contributed by atoms with van der Waals surface area (Å²) in [5.74, 6) is -1.06. The Hall–Kier alpha value is -1.65. The van der Waals surface area contributed by atoms with Crippen LogP contribution in [-0.4, -0.2) is 16.0 Å². The number of rotatable bonds is 0. The van der Waals surface area contributed by atoms with E-state index in [0.717, 1.165) is 15.2 Å². The first-order valence-corrected chi connectivity index (χ1v) is 6.22. The van der Waals surface area contributed by atoms with Crippen LogP contribution < -0.4 is 0 Å². The molecule has 18 heavy (non-hydrogen) atoms. The number of Topliss-reactive ketones (excluding diaryl/α,β-unsaturated/α-hetero) is 1. The van der Waals surface area contributed by atoms with Crippen LogP contribution in [0.1, 0.15) is 17.2 Å². The molecule has 1 unspecified atom stereocenters. The summed E-state index contributed by atoms with van der Waals surface area (Å²) in [4.78, 5) is 11.5. The van der Waals surface area contributed by atoms with E-state index in [1.54, 1.807) is 6.07 Å². The lowest BCUT2D eigenvalue weighted by molar-refractivity contribution is -0.126. The molecule has 0 spiro atoms. The van der Waals surface area contributed by atoms with Gasteiger partial charge in [0.1, 0.15) is 6.10 Å². The second-order valence-corrected chi connectivity index (χ2v) is 5.09. The average Bonchev–Trinajstić information content (AvgIpc) is 2.35. The van der Waals surface area contributed by atoms with Crippen molar-refractivity contribution in [2.45, 2.75) is 6.10 Å². The highest BCUT2D eigenvalue weighted by atomic mass is 79.9. The molecule has 3 rings (SSSR count). The van der Waals surface area contributed by atoms with Crippen molar-refractivity contribution >= 4 is 38.6 Å². The van der Waals surface area contributed by atoms with Crippen LogP contribution in [0.2, 0.25) is 0 Å². The van der Waals surface area contributed by atoms with E-state index in [0.29, 0.717) is 11.1 Å². The van der Waals surface area contributed by atoms with Crippen molar-refractivity contribution in [3.8, 4) is 0 Å². The van der Waals surface area contributed by atoms with Crippen molar-refractivity contribution in [1.82, 2.24) is 0 Å². The van der Waals surface area contributed by atoms with E-state index in [1.165, 1.54) is 6.08 Å². The normalized spacial score (nSPS) is 18.7. The molecule has 1 atom stereocenters. The maximum absolute atomic E-state index is 11.5. The molecule has 4 heteroatoms. The van der Waals surface area contributed by atoms with Gasteiger partial charge in [-0.3, -0.25) is 4.79 Å². The highest BCUT2D eigenvalue weighted by molar-refractivity contribution is 9.10. The van der Waals surface area contributed by atoms with Gasteiger partial charge in [-0.25, -0.2) is 0 Å². The number of aliphatic hydroxyl groups is 2. The van der Waals surface area contributed by atoms with E-state index >= 15 is 0 Å². The summed E-state index contributed by atoms with van der Waals surface area (Å²) in [7, 11) is 0. The minimum absolute atomic E-state index is 0.399. The third-order valence-electron chi connectivity index (χ3n) is 3.12. The molecule has 2 N–H and O–H groups in total. The van der Waals surface area contributed by atoms with Crippen LogP contribution in [0.25, 0.3) is 16.8 Å². The Bertz CT molecular complexity index is 703. The number of fused-ring (bicyclic) bond motifs is 2. The smallest absolute Gasteiger partial charge is 0.230 e. The standard InChI is InChI=1S/C14H9BrO3/c15-11-3-1-2-7-4-8-5-12(16)14(18)13(17)10(8)6-9(7)11/h1-6,13,16-17H. The predicted molar refractivity (Wildman–Crippen MR) is 72.2 cm³/mol. The predicted octanol–water partition coefficient (Wildman–Crippen LogP) is 3.12. The van der Waals surface area contributed by atoms with Gasteiger partial charge in [0.15, 0.2) is 5.76 Å². The Morgan fingerprint density at radius 2 is 2.00 bits per heavy atom. The van der Waals surface area contributed by atoms with Crippen LogP contribution in [0.5, 0.6) is 0 Å². The van der Waals surface area contributed by atoms with Gasteiger partial charge in [-0.1, -0.05) is 28.1 Å². The molecule has 2 aromatic rings. The molecule has 0 aliphatic heterocycles. The largest absolute Gasteiger partial charge is 0.504 e. The van der Waals surface area contributed by atoms with Gasteiger partial charge in [-0.15, -0.1) is 0 Å². The molecule has 0 heterocycles. The zero-order valence-corrected chi connectivity index (χ0v) is 10.8. The summed E-state index contributed by atoms with van der Waals surface area (Å²) in [5, 5.41) is 21.3. The number of carbonyl (C=O) groups excluding carboxylic acids is 1. The van der Waals surface area contributed by atoms with Crippen molar-refractivity contribution in [2.24, 2.45) is 0 Å². The third kappa shape index (κ3) is 1.57. The van der Waals surface area contributed by atoms with Crippen molar-refractivity contribution < 1.29 is 15.0 Å². The van der Waals surface area contributed by atoms with Crippen molar-refractivity contribution in [3.05, 3.63) is 51.7 Å². The number of hydrogen-bond donors (Lipinski definition) is 2.